The molecule has 1 saturated heterocycles. The summed E-state index contributed by atoms with van der Waals surface area (Å²) in [6.07, 6.45) is 6.85. The molecular formula is C19H25NO4. The van der Waals surface area contributed by atoms with Crippen LogP contribution in [-0.2, 0) is 4.74 Å². The molecule has 130 valence electrons. The Balaban J connectivity index is 1.58. The van der Waals surface area contributed by atoms with Crippen molar-refractivity contribution in [2.45, 2.75) is 51.7 Å². The summed E-state index contributed by atoms with van der Waals surface area (Å²) in [5, 5.41) is 0. The zero-order chi connectivity index (χ0) is 17.2. The van der Waals surface area contributed by atoms with E-state index in [1.165, 1.54) is 0 Å². The summed E-state index contributed by atoms with van der Waals surface area (Å²) in [6.45, 7) is 6.76. The molecule has 1 aromatic rings. The molecule has 0 saturated carbocycles. The molecule has 1 unspecified atom stereocenters. The average Bonchev–Trinajstić information content (AvgIpc) is 3.13. The van der Waals surface area contributed by atoms with E-state index in [4.69, 9.17) is 14.2 Å². The highest BCUT2D eigenvalue weighted by molar-refractivity contribution is 5.69. The second kappa shape index (κ2) is 6.75. The first-order valence-electron chi connectivity index (χ1n) is 8.48. The molecule has 3 rings (SSSR count). The summed E-state index contributed by atoms with van der Waals surface area (Å²) in [5.74, 6) is 1.58. The summed E-state index contributed by atoms with van der Waals surface area (Å²) < 4.78 is 16.2. The number of hydrogen-bond acceptors (Lipinski definition) is 4. The number of rotatable bonds is 3. The van der Waals surface area contributed by atoms with E-state index in [1.54, 1.807) is 0 Å². The average molecular weight is 331 g/mol. The topological polar surface area (TPSA) is 48.0 Å². The van der Waals surface area contributed by atoms with Crippen LogP contribution in [-0.4, -0.2) is 36.0 Å². The smallest absolute Gasteiger partial charge is 0.410 e. The first-order valence-corrected chi connectivity index (χ1v) is 8.48. The lowest BCUT2D eigenvalue weighted by atomic mass is 10.1. The highest BCUT2D eigenvalue weighted by Crippen LogP contribution is 2.33. The van der Waals surface area contributed by atoms with E-state index in [0.717, 1.165) is 42.9 Å². The monoisotopic (exact) mass is 331 g/mol. The molecule has 2 aliphatic heterocycles. The molecule has 0 N–H and O–H groups in total. The van der Waals surface area contributed by atoms with Crippen molar-refractivity contribution in [1.82, 2.24) is 4.90 Å². The molecule has 1 aromatic carbocycles. The molecule has 1 fully saturated rings. The zero-order valence-electron chi connectivity index (χ0n) is 14.6. The molecule has 24 heavy (non-hydrogen) atoms. The van der Waals surface area contributed by atoms with Gasteiger partial charge < -0.3 is 19.1 Å². The summed E-state index contributed by atoms with van der Waals surface area (Å²) in [4.78, 5) is 14.1. The number of ether oxygens (including phenoxy) is 3. The standard InChI is InChI=1S/C19H25NO4/c1-19(2,3)24-18(21)20-11-5-8-15(20)7-4-6-14-9-10-16-17(12-14)23-13-22-16/h4,6,9-10,12,15H,5,7-8,11,13H2,1-3H3/b6-4-. The highest BCUT2D eigenvalue weighted by Gasteiger charge is 2.31. The minimum atomic E-state index is -0.452. The fourth-order valence-electron chi connectivity index (χ4n) is 3.02. The molecule has 0 bridgehead atoms. The van der Waals surface area contributed by atoms with Gasteiger partial charge in [0.15, 0.2) is 11.5 Å². The predicted octanol–water partition coefficient (Wildman–Crippen LogP) is 4.22. The Labute approximate surface area is 143 Å². The summed E-state index contributed by atoms with van der Waals surface area (Å²) in [5.41, 5.74) is 0.619. The molecule has 5 nitrogen and oxygen atoms in total. The number of fused-ring (bicyclic) bond motifs is 1. The van der Waals surface area contributed by atoms with Gasteiger partial charge in [0.2, 0.25) is 6.79 Å². The van der Waals surface area contributed by atoms with Crippen molar-refractivity contribution in [2.24, 2.45) is 0 Å². The van der Waals surface area contributed by atoms with Crippen molar-refractivity contribution in [3.05, 3.63) is 29.8 Å². The van der Waals surface area contributed by atoms with Gasteiger partial charge in [-0.15, -0.1) is 0 Å². The number of likely N-dealkylation sites (tertiary alicyclic amines) is 1. The third-order valence-corrected chi connectivity index (χ3v) is 4.12. The van der Waals surface area contributed by atoms with Gasteiger partial charge in [0, 0.05) is 12.6 Å². The van der Waals surface area contributed by atoms with Crippen LogP contribution in [0.5, 0.6) is 11.5 Å². The van der Waals surface area contributed by atoms with Crippen LogP contribution in [0.4, 0.5) is 4.79 Å². The number of carbonyl (C=O) groups is 1. The van der Waals surface area contributed by atoms with E-state index in [1.807, 2.05) is 43.9 Å². The lowest BCUT2D eigenvalue weighted by molar-refractivity contribution is 0.0228. The van der Waals surface area contributed by atoms with Gasteiger partial charge in [-0.3, -0.25) is 0 Å². The fourth-order valence-corrected chi connectivity index (χ4v) is 3.02. The lowest BCUT2D eigenvalue weighted by Crippen LogP contribution is -2.39. The lowest BCUT2D eigenvalue weighted by Gasteiger charge is -2.28. The van der Waals surface area contributed by atoms with Gasteiger partial charge in [-0.25, -0.2) is 4.79 Å². The van der Waals surface area contributed by atoms with Gasteiger partial charge in [0.05, 0.1) is 0 Å². The predicted molar refractivity (Wildman–Crippen MR) is 92.2 cm³/mol. The van der Waals surface area contributed by atoms with E-state index in [2.05, 4.69) is 12.2 Å². The van der Waals surface area contributed by atoms with Crippen LogP contribution in [0, 0.1) is 0 Å². The van der Waals surface area contributed by atoms with Crippen LogP contribution < -0.4 is 9.47 Å². The number of benzene rings is 1. The molecule has 2 heterocycles. The van der Waals surface area contributed by atoms with Crippen molar-refractivity contribution >= 4 is 12.2 Å². The van der Waals surface area contributed by atoms with Crippen LogP contribution in [0.2, 0.25) is 0 Å². The zero-order valence-corrected chi connectivity index (χ0v) is 14.6. The fraction of sp³-hybridized carbons (Fsp3) is 0.526. The van der Waals surface area contributed by atoms with Crippen molar-refractivity contribution < 1.29 is 19.0 Å². The third-order valence-electron chi connectivity index (χ3n) is 4.12. The Hall–Kier alpha value is -2.17. The number of nitrogens with zero attached hydrogens (tertiary/aromatic N) is 1. The number of hydrogen-bond donors (Lipinski definition) is 0. The third kappa shape index (κ3) is 4.02. The quantitative estimate of drug-likeness (QED) is 0.832. The van der Waals surface area contributed by atoms with Gasteiger partial charge in [-0.2, -0.15) is 0 Å². The molecule has 1 amide bonds. The van der Waals surface area contributed by atoms with Crippen LogP contribution in [0.15, 0.2) is 24.3 Å². The largest absolute Gasteiger partial charge is 0.454 e. The minimum Gasteiger partial charge on any atom is -0.454 e. The number of carbonyl (C=O) groups excluding carboxylic acids is 1. The van der Waals surface area contributed by atoms with E-state index in [-0.39, 0.29) is 18.9 Å². The van der Waals surface area contributed by atoms with Crippen molar-refractivity contribution in [2.75, 3.05) is 13.3 Å². The van der Waals surface area contributed by atoms with E-state index < -0.39 is 5.60 Å². The minimum absolute atomic E-state index is 0.207. The van der Waals surface area contributed by atoms with Crippen LogP contribution in [0.1, 0.15) is 45.6 Å². The summed E-state index contributed by atoms with van der Waals surface area (Å²) >= 11 is 0. The molecule has 1 atom stereocenters. The summed E-state index contributed by atoms with van der Waals surface area (Å²) in [6, 6.07) is 6.11. The second-order valence-corrected chi connectivity index (χ2v) is 7.22. The maximum absolute atomic E-state index is 12.3. The SMILES string of the molecule is CC(C)(C)OC(=O)N1CCCC1C/C=C\c1ccc2c(c1)OCO2. The van der Waals surface area contributed by atoms with E-state index in [9.17, 15) is 4.79 Å². The summed E-state index contributed by atoms with van der Waals surface area (Å²) in [7, 11) is 0. The Kier molecular flexibility index (Phi) is 4.69. The molecule has 2 aliphatic rings. The molecule has 0 radical (unpaired) electrons. The van der Waals surface area contributed by atoms with Crippen molar-refractivity contribution in [3.63, 3.8) is 0 Å². The molecule has 0 spiro atoms. The van der Waals surface area contributed by atoms with Gasteiger partial charge >= 0.3 is 6.09 Å². The Bertz CT molecular complexity index is 633. The maximum Gasteiger partial charge on any atom is 0.410 e. The Morgan fingerprint density at radius 1 is 1.33 bits per heavy atom. The van der Waals surface area contributed by atoms with Gasteiger partial charge in [-0.05, 0) is 57.7 Å². The Morgan fingerprint density at radius 3 is 2.92 bits per heavy atom. The number of amides is 1. The van der Waals surface area contributed by atoms with Crippen molar-refractivity contribution in [1.29, 1.82) is 0 Å². The van der Waals surface area contributed by atoms with E-state index >= 15 is 0 Å². The van der Waals surface area contributed by atoms with Crippen LogP contribution >= 0.6 is 0 Å². The molecular weight excluding hydrogens is 306 g/mol. The molecule has 0 aromatic heterocycles. The van der Waals surface area contributed by atoms with Crippen LogP contribution in [0.25, 0.3) is 6.08 Å². The first kappa shape index (κ1) is 16.7. The maximum atomic E-state index is 12.3. The first-order chi connectivity index (χ1) is 11.4. The molecule has 0 aliphatic carbocycles. The van der Waals surface area contributed by atoms with Gasteiger partial charge in [0.1, 0.15) is 5.60 Å². The van der Waals surface area contributed by atoms with Gasteiger partial charge in [-0.1, -0.05) is 18.2 Å². The molecule has 5 heteroatoms. The van der Waals surface area contributed by atoms with Crippen molar-refractivity contribution in [3.8, 4) is 11.5 Å². The van der Waals surface area contributed by atoms with Gasteiger partial charge in [0.25, 0.3) is 0 Å². The van der Waals surface area contributed by atoms with Crippen LogP contribution in [0.3, 0.4) is 0 Å². The second-order valence-electron chi connectivity index (χ2n) is 7.22. The normalized spacial score (nSPS) is 20.0. The highest BCUT2D eigenvalue weighted by atomic mass is 16.7. The Morgan fingerprint density at radius 2 is 2.12 bits per heavy atom. The van der Waals surface area contributed by atoms with E-state index in [0.29, 0.717) is 0 Å².